The van der Waals surface area contributed by atoms with Gasteiger partial charge in [0.25, 0.3) is 0 Å². The topological polar surface area (TPSA) is 16.6 Å². The van der Waals surface area contributed by atoms with Crippen LogP contribution in [0, 0.1) is 0 Å². The Morgan fingerprint density at radius 1 is 1.00 bits per heavy atom. The van der Waals surface area contributed by atoms with Crippen LogP contribution in [0.5, 0.6) is 0 Å². The Kier molecular flexibility index (Phi) is 27.9. The van der Waals surface area contributed by atoms with Crippen molar-refractivity contribution in [1.29, 1.82) is 0 Å². The lowest BCUT2D eigenvalue weighted by Gasteiger charge is -2.20. The van der Waals surface area contributed by atoms with E-state index in [1.807, 2.05) is 0 Å². The van der Waals surface area contributed by atoms with Crippen LogP contribution in [0.2, 0.25) is 0 Å². The minimum atomic E-state index is 0. The molecule has 0 bridgehead atoms. The van der Waals surface area contributed by atoms with E-state index in [9.17, 15) is 0 Å². The van der Waals surface area contributed by atoms with Gasteiger partial charge in [-0.1, -0.05) is 6.92 Å². The highest BCUT2D eigenvalue weighted by Gasteiger charge is 1.97. The van der Waals surface area contributed by atoms with Gasteiger partial charge in [-0.05, 0) is 13.3 Å². The highest BCUT2D eigenvalue weighted by atomic mass is 79.9. The van der Waals surface area contributed by atoms with Crippen molar-refractivity contribution in [3.63, 3.8) is 0 Å². The second-order valence-electron chi connectivity index (χ2n) is 3.80. The first-order chi connectivity index (χ1) is 4.97. The van der Waals surface area contributed by atoms with Crippen LogP contribution in [0.4, 0.5) is 0 Å². The van der Waals surface area contributed by atoms with Crippen LogP contribution in [0.3, 0.4) is 0 Å². The van der Waals surface area contributed by atoms with E-state index in [-0.39, 0.29) is 34.0 Å². The summed E-state index contributed by atoms with van der Waals surface area (Å²) in [6.45, 7) is 6.83. The quantitative estimate of drug-likeness (QED) is 0.499. The maximum Gasteiger partial charge on any atom is 0.0751 e. The molecule has 2 nitrogen and oxygen atoms in total. The van der Waals surface area contributed by atoms with Crippen LogP contribution in [0.1, 0.15) is 20.3 Å². The molecular formula is C9H26Br2N2. The average Bonchev–Trinajstić information content (AvgIpc) is 1.90. The van der Waals surface area contributed by atoms with Gasteiger partial charge in [0, 0.05) is 0 Å². The largest absolute Gasteiger partial charge is 1.00 e. The predicted octanol–water partition coefficient (Wildman–Crippen LogP) is -5.69. The molecule has 0 saturated heterocycles. The SMILES string of the molecule is CCC[NH2+]C.CC[N+](C)(C)C.[Br-].[Br-]. The van der Waals surface area contributed by atoms with E-state index in [0.29, 0.717) is 0 Å². The summed E-state index contributed by atoms with van der Waals surface area (Å²) in [7, 11) is 8.63. The average molecular weight is 322 g/mol. The van der Waals surface area contributed by atoms with Crippen molar-refractivity contribution >= 4 is 0 Å². The molecule has 2 N–H and O–H groups in total. The Hall–Kier alpha value is 0.880. The molecule has 0 unspecified atom stereocenters. The molecular weight excluding hydrogens is 296 g/mol. The lowest BCUT2D eigenvalue weighted by molar-refractivity contribution is -0.868. The van der Waals surface area contributed by atoms with E-state index in [1.54, 1.807) is 0 Å². The van der Waals surface area contributed by atoms with Gasteiger partial charge in [0.1, 0.15) is 0 Å². The maximum absolute atomic E-state index is 2.18. The van der Waals surface area contributed by atoms with E-state index in [4.69, 9.17) is 0 Å². The summed E-state index contributed by atoms with van der Waals surface area (Å²) in [5.41, 5.74) is 0. The molecule has 0 aliphatic carbocycles. The third-order valence-electron chi connectivity index (χ3n) is 1.53. The van der Waals surface area contributed by atoms with Crippen molar-refractivity contribution in [2.45, 2.75) is 20.3 Å². The van der Waals surface area contributed by atoms with Gasteiger partial charge in [0.2, 0.25) is 0 Å². The molecule has 13 heavy (non-hydrogen) atoms. The molecule has 86 valence electrons. The van der Waals surface area contributed by atoms with Crippen LogP contribution >= 0.6 is 0 Å². The van der Waals surface area contributed by atoms with Crippen LogP contribution in [-0.2, 0) is 0 Å². The van der Waals surface area contributed by atoms with E-state index >= 15 is 0 Å². The van der Waals surface area contributed by atoms with Gasteiger partial charge < -0.3 is 43.8 Å². The maximum atomic E-state index is 2.18. The van der Waals surface area contributed by atoms with Crippen molar-refractivity contribution in [3.05, 3.63) is 0 Å². The van der Waals surface area contributed by atoms with Gasteiger partial charge in [-0.25, -0.2) is 0 Å². The third kappa shape index (κ3) is 44.1. The minimum absolute atomic E-state index is 0. The molecule has 0 fully saturated rings. The van der Waals surface area contributed by atoms with Gasteiger partial charge in [-0.2, -0.15) is 0 Å². The molecule has 0 aromatic carbocycles. The predicted molar refractivity (Wildman–Crippen MR) is 51.6 cm³/mol. The van der Waals surface area contributed by atoms with Crippen LogP contribution in [-0.4, -0.2) is 45.8 Å². The molecule has 0 amide bonds. The van der Waals surface area contributed by atoms with Crippen molar-refractivity contribution < 1.29 is 43.8 Å². The van der Waals surface area contributed by atoms with Crippen LogP contribution in [0.15, 0.2) is 0 Å². The van der Waals surface area contributed by atoms with Gasteiger partial charge >= 0.3 is 0 Å². The van der Waals surface area contributed by atoms with Gasteiger partial charge in [0.05, 0.1) is 41.3 Å². The molecule has 0 heterocycles. The monoisotopic (exact) mass is 320 g/mol. The van der Waals surface area contributed by atoms with Crippen molar-refractivity contribution in [1.82, 2.24) is 0 Å². The van der Waals surface area contributed by atoms with E-state index in [2.05, 4.69) is 47.4 Å². The van der Waals surface area contributed by atoms with Crippen molar-refractivity contribution in [2.75, 3.05) is 41.3 Å². The Bertz CT molecular complexity index is 70.5. The Balaban J connectivity index is -0.0000000546. The van der Waals surface area contributed by atoms with E-state index in [1.165, 1.54) is 19.5 Å². The molecule has 0 aliphatic heterocycles. The summed E-state index contributed by atoms with van der Waals surface area (Å²) in [5, 5.41) is 2.18. The van der Waals surface area contributed by atoms with Crippen molar-refractivity contribution in [2.24, 2.45) is 0 Å². The minimum Gasteiger partial charge on any atom is -1.00 e. The zero-order valence-electron chi connectivity index (χ0n) is 9.90. The van der Waals surface area contributed by atoms with Gasteiger partial charge in [-0.3, -0.25) is 0 Å². The molecule has 0 aromatic heterocycles. The number of nitrogens with zero attached hydrogens (tertiary/aromatic N) is 1. The smallest absolute Gasteiger partial charge is 0.0751 e. The number of rotatable bonds is 3. The van der Waals surface area contributed by atoms with E-state index < -0.39 is 0 Å². The Morgan fingerprint density at radius 3 is 1.31 bits per heavy atom. The lowest BCUT2D eigenvalue weighted by atomic mass is 10.5. The molecule has 0 radical (unpaired) electrons. The molecule has 0 rings (SSSR count). The summed E-state index contributed by atoms with van der Waals surface area (Å²) >= 11 is 0. The molecule has 0 atom stereocenters. The number of hydrogen-bond acceptors (Lipinski definition) is 0. The first-order valence-electron chi connectivity index (χ1n) is 4.56. The Morgan fingerprint density at radius 2 is 1.31 bits per heavy atom. The summed E-state index contributed by atoms with van der Waals surface area (Å²) in [6.07, 6.45) is 1.29. The van der Waals surface area contributed by atoms with Gasteiger partial charge in [0.15, 0.2) is 0 Å². The molecule has 0 saturated carbocycles. The number of hydrogen-bond donors (Lipinski definition) is 1. The lowest BCUT2D eigenvalue weighted by Crippen LogP contribution is -3.00. The van der Waals surface area contributed by atoms with Crippen LogP contribution < -0.4 is 39.3 Å². The first kappa shape index (κ1) is 23.6. The fraction of sp³-hybridized carbons (Fsp3) is 1.00. The van der Waals surface area contributed by atoms with Crippen molar-refractivity contribution in [3.8, 4) is 0 Å². The number of nitrogens with two attached hydrogens (primary N) is 1. The van der Waals surface area contributed by atoms with E-state index in [0.717, 1.165) is 4.48 Å². The normalized spacial score (nSPS) is 8.77. The zero-order chi connectivity index (χ0) is 9.33. The molecule has 0 aliphatic rings. The Labute approximate surface area is 105 Å². The molecule has 0 spiro atoms. The highest BCUT2D eigenvalue weighted by Crippen LogP contribution is 1.83. The molecule has 0 aromatic rings. The number of quaternary nitrogens is 2. The first-order valence-corrected chi connectivity index (χ1v) is 4.56. The summed E-state index contributed by atoms with van der Waals surface area (Å²) in [4.78, 5) is 0. The second kappa shape index (κ2) is 15.4. The zero-order valence-corrected chi connectivity index (χ0v) is 13.1. The second-order valence-corrected chi connectivity index (χ2v) is 3.80. The standard InChI is InChI=1S/C5H14N.C4H11N.2BrH/c1-5-6(2,3)4;1-3-4-5-2;;/h5H2,1-4H3;5H,3-4H2,1-2H3;2*1H/q+1;;;/p-1. The van der Waals surface area contributed by atoms with Gasteiger partial charge in [-0.15, -0.1) is 0 Å². The third-order valence-corrected chi connectivity index (χ3v) is 1.53. The number of halogens is 2. The summed E-state index contributed by atoms with van der Waals surface area (Å²) in [5.74, 6) is 0. The fourth-order valence-electron chi connectivity index (χ4n) is 0.289. The molecule has 4 heteroatoms. The fourth-order valence-corrected chi connectivity index (χ4v) is 0.289. The summed E-state index contributed by atoms with van der Waals surface area (Å²) in [6, 6.07) is 0. The highest BCUT2D eigenvalue weighted by molar-refractivity contribution is 4.09. The summed E-state index contributed by atoms with van der Waals surface area (Å²) < 4.78 is 1.07. The van der Waals surface area contributed by atoms with Crippen LogP contribution in [0.25, 0.3) is 0 Å².